The van der Waals surface area contributed by atoms with E-state index in [0.29, 0.717) is 11.7 Å². The van der Waals surface area contributed by atoms with Crippen LogP contribution in [-0.2, 0) is 12.8 Å². The lowest BCUT2D eigenvalue weighted by Crippen LogP contribution is -2.19. The molecule has 2 aromatic rings. The molecule has 0 saturated heterocycles. The van der Waals surface area contributed by atoms with E-state index in [1.54, 1.807) is 0 Å². The number of hydrogen-bond donors (Lipinski definition) is 2. The first-order chi connectivity index (χ1) is 7.81. The summed E-state index contributed by atoms with van der Waals surface area (Å²) in [5.41, 5.74) is 11.1. The number of anilines is 1. The molecule has 1 heterocycles. The third-order valence-corrected chi connectivity index (χ3v) is 3.49. The molecule has 1 atom stereocenters. The number of aromatic nitrogens is 2. The van der Waals surface area contributed by atoms with Gasteiger partial charge in [-0.1, -0.05) is 31.2 Å². The fraction of sp³-hybridized carbons (Fsp3) is 0.308. The second-order valence-corrected chi connectivity index (χ2v) is 4.31. The number of H-pyrrole nitrogens is 1. The zero-order valence-electron chi connectivity index (χ0n) is 9.33. The topological polar surface area (TPSA) is 54.7 Å². The molecule has 1 aliphatic rings. The first kappa shape index (κ1) is 9.46. The average molecular weight is 213 g/mol. The van der Waals surface area contributed by atoms with Crippen molar-refractivity contribution in [3.8, 4) is 0 Å². The standard InChI is InChI=1S/C13H15N3/c1-2-9-12(15-16-13(9)14)11-7-8-5-3-4-6-10(8)11/h3-6,11H,2,7H2,1H3,(H3,14,15,16). The molecule has 82 valence electrons. The lowest BCUT2D eigenvalue weighted by atomic mass is 9.75. The maximum Gasteiger partial charge on any atom is 0.148 e. The van der Waals surface area contributed by atoms with Gasteiger partial charge >= 0.3 is 0 Å². The van der Waals surface area contributed by atoms with Gasteiger partial charge in [-0.05, 0) is 24.0 Å². The number of benzene rings is 1. The van der Waals surface area contributed by atoms with Crippen molar-refractivity contribution in [1.29, 1.82) is 0 Å². The van der Waals surface area contributed by atoms with Gasteiger partial charge < -0.3 is 5.73 Å². The molecule has 0 aliphatic heterocycles. The van der Waals surface area contributed by atoms with Gasteiger partial charge in [-0.15, -0.1) is 0 Å². The van der Waals surface area contributed by atoms with Gasteiger partial charge in [-0.3, -0.25) is 5.10 Å². The number of aromatic amines is 1. The van der Waals surface area contributed by atoms with Crippen LogP contribution in [0.15, 0.2) is 24.3 Å². The molecule has 1 aromatic carbocycles. The van der Waals surface area contributed by atoms with E-state index >= 15 is 0 Å². The molecular weight excluding hydrogens is 198 g/mol. The van der Waals surface area contributed by atoms with E-state index in [4.69, 9.17) is 5.73 Å². The molecular formula is C13H15N3. The summed E-state index contributed by atoms with van der Waals surface area (Å²) in [5, 5.41) is 7.21. The van der Waals surface area contributed by atoms with Crippen LogP contribution >= 0.6 is 0 Å². The van der Waals surface area contributed by atoms with Crippen molar-refractivity contribution in [3.63, 3.8) is 0 Å². The zero-order chi connectivity index (χ0) is 11.1. The molecule has 3 nitrogen and oxygen atoms in total. The molecule has 0 saturated carbocycles. The van der Waals surface area contributed by atoms with E-state index in [1.807, 2.05) is 0 Å². The van der Waals surface area contributed by atoms with Gasteiger partial charge in [-0.2, -0.15) is 5.10 Å². The van der Waals surface area contributed by atoms with Crippen molar-refractivity contribution in [3.05, 3.63) is 46.6 Å². The molecule has 0 fully saturated rings. The molecule has 3 heteroatoms. The maximum absolute atomic E-state index is 5.85. The van der Waals surface area contributed by atoms with Crippen molar-refractivity contribution in [2.75, 3.05) is 5.73 Å². The van der Waals surface area contributed by atoms with Crippen LogP contribution in [0.2, 0.25) is 0 Å². The van der Waals surface area contributed by atoms with Gasteiger partial charge in [0.1, 0.15) is 5.82 Å². The fourth-order valence-corrected chi connectivity index (χ4v) is 2.57. The minimum absolute atomic E-state index is 0.468. The normalized spacial score (nSPS) is 17.9. The number of nitrogens with one attached hydrogen (secondary N) is 1. The zero-order valence-corrected chi connectivity index (χ0v) is 9.33. The summed E-state index contributed by atoms with van der Waals surface area (Å²) < 4.78 is 0. The molecule has 0 amide bonds. The lowest BCUT2D eigenvalue weighted by molar-refractivity contribution is 0.675. The molecule has 0 radical (unpaired) electrons. The van der Waals surface area contributed by atoms with Gasteiger partial charge in [0.2, 0.25) is 0 Å². The first-order valence-corrected chi connectivity index (χ1v) is 5.71. The lowest BCUT2D eigenvalue weighted by Gasteiger charge is -2.29. The minimum Gasteiger partial charge on any atom is -0.382 e. The van der Waals surface area contributed by atoms with Crippen molar-refractivity contribution in [2.45, 2.75) is 25.7 Å². The predicted molar refractivity (Wildman–Crippen MR) is 64.4 cm³/mol. The Morgan fingerprint density at radius 3 is 3.00 bits per heavy atom. The van der Waals surface area contributed by atoms with Gasteiger partial charge in [0.25, 0.3) is 0 Å². The molecule has 1 aliphatic carbocycles. The molecule has 3 rings (SSSR count). The van der Waals surface area contributed by atoms with Crippen molar-refractivity contribution >= 4 is 5.82 Å². The Balaban J connectivity index is 2.02. The molecule has 1 unspecified atom stereocenters. The summed E-state index contributed by atoms with van der Waals surface area (Å²) in [6, 6.07) is 8.57. The first-order valence-electron chi connectivity index (χ1n) is 5.71. The van der Waals surface area contributed by atoms with E-state index in [-0.39, 0.29) is 0 Å². The number of rotatable bonds is 2. The van der Waals surface area contributed by atoms with Crippen LogP contribution < -0.4 is 5.73 Å². The monoisotopic (exact) mass is 213 g/mol. The Kier molecular flexibility index (Phi) is 1.99. The van der Waals surface area contributed by atoms with Gasteiger partial charge in [0.15, 0.2) is 0 Å². The summed E-state index contributed by atoms with van der Waals surface area (Å²) in [7, 11) is 0. The Hall–Kier alpha value is -1.77. The van der Waals surface area contributed by atoms with Crippen molar-refractivity contribution < 1.29 is 0 Å². The summed E-state index contributed by atoms with van der Waals surface area (Å²) >= 11 is 0. The van der Waals surface area contributed by atoms with Crippen LogP contribution in [0, 0.1) is 0 Å². The number of nitrogen functional groups attached to an aromatic ring is 1. The maximum atomic E-state index is 5.85. The quantitative estimate of drug-likeness (QED) is 0.803. The summed E-state index contributed by atoms with van der Waals surface area (Å²) in [6.45, 7) is 2.12. The molecule has 0 bridgehead atoms. The van der Waals surface area contributed by atoms with Gasteiger partial charge in [0, 0.05) is 17.2 Å². The van der Waals surface area contributed by atoms with E-state index in [1.165, 1.54) is 22.4 Å². The van der Waals surface area contributed by atoms with Crippen molar-refractivity contribution in [2.24, 2.45) is 0 Å². The highest BCUT2D eigenvalue weighted by molar-refractivity contribution is 5.52. The Labute approximate surface area is 94.7 Å². The summed E-state index contributed by atoms with van der Waals surface area (Å²) in [5.74, 6) is 1.12. The third-order valence-electron chi connectivity index (χ3n) is 3.49. The second kappa shape index (κ2) is 3.37. The SMILES string of the molecule is CCc1c(N)n[nH]c1C1Cc2ccccc21. The summed E-state index contributed by atoms with van der Waals surface area (Å²) in [4.78, 5) is 0. The second-order valence-electron chi connectivity index (χ2n) is 4.31. The van der Waals surface area contributed by atoms with Crippen LogP contribution in [0.3, 0.4) is 0 Å². The molecule has 16 heavy (non-hydrogen) atoms. The fourth-order valence-electron chi connectivity index (χ4n) is 2.57. The Bertz CT molecular complexity index is 528. The predicted octanol–water partition coefficient (Wildman–Crippen LogP) is 2.24. The number of nitrogens with zero attached hydrogens (tertiary/aromatic N) is 1. The molecule has 1 aromatic heterocycles. The number of fused-ring (bicyclic) bond motifs is 1. The minimum atomic E-state index is 0.468. The van der Waals surface area contributed by atoms with E-state index in [2.05, 4.69) is 41.4 Å². The van der Waals surface area contributed by atoms with Crippen LogP contribution in [-0.4, -0.2) is 10.2 Å². The van der Waals surface area contributed by atoms with Gasteiger partial charge in [0.05, 0.1) is 0 Å². The van der Waals surface area contributed by atoms with Gasteiger partial charge in [-0.25, -0.2) is 0 Å². The highest BCUT2D eigenvalue weighted by Gasteiger charge is 2.30. The Morgan fingerprint density at radius 1 is 1.44 bits per heavy atom. The van der Waals surface area contributed by atoms with E-state index in [9.17, 15) is 0 Å². The van der Waals surface area contributed by atoms with Crippen LogP contribution in [0.5, 0.6) is 0 Å². The number of hydrogen-bond acceptors (Lipinski definition) is 2. The molecule has 0 spiro atoms. The summed E-state index contributed by atoms with van der Waals surface area (Å²) in [6.07, 6.45) is 2.04. The molecule has 3 N–H and O–H groups in total. The van der Waals surface area contributed by atoms with Crippen LogP contribution in [0.1, 0.15) is 35.2 Å². The third kappa shape index (κ3) is 1.18. The largest absolute Gasteiger partial charge is 0.382 e. The smallest absolute Gasteiger partial charge is 0.148 e. The average Bonchev–Trinajstić information content (AvgIpc) is 2.62. The van der Waals surface area contributed by atoms with E-state index < -0.39 is 0 Å². The Morgan fingerprint density at radius 2 is 2.25 bits per heavy atom. The van der Waals surface area contributed by atoms with E-state index in [0.717, 1.165) is 12.8 Å². The van der Waals surface area contributed by atoms with Crippen LogP contribution in [0.25, 0.3) is 0 Å². The highest BCUT2D eigenvalue weighted by Crippen LogP contribution is 2.41. The number of nitrogens with two attached hydrogens (primary N) is 1. The van der Waals surface area contributed by atoms with Crippen molar-refractivity contribution in [1.82, 2.24) is 10.2 Å². The highest BCUT2D eigenvalue weighted by atomic mass is 15.2. The van der Waals surface area contributed by atoms with Crippen LogP contribution in [0.4, 0.5) is 5.82 Å².